The second-order valence-electron chi connectivity index (χ2n) is 8.15. The molecule has 0 aromatic heterocycles. The number of nitrogens with zero attached hydrogens (tertiary/aromatic N) is 2. The van der Waals surface area contributed by atoms with Crippen LogP contribution in [0.3, 0.4) is 0 Å². The minimum Gasteiger partial charge on any atom is -0.497 e. The zero-order valence-corrected chi connectivity index (χ0v) is 19.9. The van der Waals surface area contributed by atoms with Crippen LogP contribution in [0.15, 0.2) is 83.8 Å². The summed E-state index contributed by atoms with van der Waals surface area (Å²) in [5, 5.41) is 0. The molecule has 1 fully saturated rings. The van der Waals surface area contributed by atoms with Crippen LogP contribution >= 0.6 is 0 Å². The van der Waals surface area contributed by atoms with E-state index in [4.69, 9.17) is 9.47 Å². The average molecular weight is 467 g/mol. The molecule has 6 nitrogen and oxygen atoms in total. The molecule has 0 atom stereocenters. The molecule has 1 aliphatic rings. The molecule has 0 unspecified atom stereocenters. The van der Waals surface area contributed by atoms with Crippen LogP contribution in [0.2, 0.25) is 0 Å². The van der Waals surface area contributed by atoms with Gasteiger partial charge in [0, 0.05) is 31.7 Å². The van der Waals surface area contributed by atoms with Crippen molar-refractivity contribution >= 4 is 15.7 Å². The smallest absolute Gasteiger partial charge is 0.268 e. The Morgan fingerprint density at radius 2 is 1.52 bits per heavy atom. The predicted molar refractivity (Wildman–Crippen MR) is 130 cm³/mol. The number of para-hydroxylation sites is 1. The molecule has 0 amide bonds. The van der Waals surface area contributed by atoms with E-state index in [1.54, 1.807) is 16.4 Å². The summed E-state index contributed by atoms with van der Waals surface area (Å²) in [7, 11) is -0.890. The number of rotatable bonds is 8. The minimum absolute atomic E-state index is 0.111. The molecule has 174 valence electrons. The standard InChI is InChI=1S/C26H30N2O4S/c1-31-24-13-14-25(32-2)26(19-24)33(29,30)28(22-11-7-4-8-12-22)23-15-17-27(18-16-23)20-21-9-5-3-6-10-21/h3-14,19,23H,15-18,20H2,1-2H3. The van der Waals surface area contributed by atoms with E-state index in [2.05, 4.69) is 17.0 Å². The molecule has 0 bridgehead atoms. The van der Waals surface area contributed by atoms with Gasteiger partial charge in [-0.15, -0.1) is 0 Å². The van der Waals surface area contributed by atoms with Crippen LogP contribution in [0.1, 0.15) is 18.4 Å². The summed E-state index contributed by atoms with van der Waals surface area (Å²) < 4.78 is 40.4. The lowest BCUT2D eigenvalue weighted by Crippen LogP contribution is -2.47. The van der Waals surface area contributed by atoms with E-state index in [1.807, 2.05) is 48.5 Å². The van der Waals surface area contributed by atoms with E-state index < -0.39 is 10.0 Å². The van der Waals surface area contributed by atoms with Crippen LogP contribution in [0.25, 0.3) is 0 Å². The van der Waals surface area contributed by atoms with E-state index >= 15 is 0 Å². The van der Waals surface area contributed by atoms with E-state index in [0.717, 1.165) is 32.5 Å². The van der Waals surface area contributed by atoms with Crippen LogP contribution in [0, 0.1) is 0 Å². The summed E-state index contributed by atoms with van der Waals surface area (Å²) in [5.74, 6) is 0.776. The van der Waals surface area contributed by atoms with Gasteiger partial charge in [0.05, 0.1) is 19.9 Å². The van der Waals surface area contributed by atoms with Gasteiger partial charge in [-0.2, -0.15) is 0 Å². The minimum atomic E-state index is -3.90. The van der Waals surface area contributed by atoms with Crippen molar-refractivity contribution in [2.45, 2.75) is 30.3 Å². The van der Waals surface area contributed by atoms with Crippen molar-refractivity contribution in [2.24, 2.45) is 0 Å². The fraction of sp³-hybridized carbons (Fsp3) is 0.308. The van der Waals surface area contributed by atoms with Crippen molar-refractivity contribution in [1.29, 1.82) is 0 Å². The third kappa shape index (κ3) is 5.15. The Hall–Kier alpha value is -3.03. The molecule has 0 aliphatic carbocycles. The first-order valence-electron chi connectivity index (χ1n) is 11.1. The third-order valence-electron chi connectivity index (χ3n) is 6.06. The summed E-state index contributed by atoms with van der Waals surface area (Å²) in [4.78, 5) is 2.49. The fourth-order valence-electron chi connectivity index (χ4n) is 4.37. The van der Waals surface area contributed by atoms with Crippen LogP contribution in [-0.4, -0.2) is 46.7 Å². The van der Waals surface area contributed by atoms with Crippen molar-refractivity contribution in [3.8, 4) is 11.5 Å². The molecule has 0 N–H and O–H groups in total. The van der Waals surface area contributed by atoms with Crippen molar-refractivity contribution in [1.82, 2.24) is 4.90 Å². The molecule has 33 heavy (non-hydrogen) atoms. The normalized spacial score (nSPS) is 15.2. The molecule has 1 aliphatic heterocycles. The third-order valence-corrected chi connectivity index (χ3v) is 7.96. The molecule has 4 rings (SSSR count). The van der Waals surface area contributed by atoms with Crippen LogP contribution in [-0.2, 0) is 16.6 Å². The Kier molecular flexibility index (Phi) is 7.20. The van der Waals surface area contributed by atoms with Gasteiger partial charge in [-0.3, -0.25) is 9.21 Å². The predicted octanol–water partition coefficient (Wildman–Crippen LogP) is 4.56. The fourth-order valence-corrected chi connectivity index (χ4v) is 6.25. The second kappa shape index (κ2) is 10.3. The summed E-state index contributed by atoms with van der Waals surface area (Å²) in [5.41, 5.74) is 1.92. The number of hydrogen-bond donors (Lipinski definition) is 0. The van der Waals surface area contributed by atoms with E-state index in [-0.39, 0.29) is 10.9 Å². The first-order valence-corrected chi connectivity index (χ1v) is 12.5. The zero-order valence-electron chi connectivity index (χ0n) is 19.1. The molecule has 3 aromatic carbocycles. The molecular formula is C26H30N2O4S. The van der Waals surface area contributed by atoms with E-state index in [1.165, 1.54) is 25.8 Å². The highest BCUT2D eigenvalue weighted by Crippen LogP contribution is 2.36. The molecule has 3 aromatic rings. The van der Waals surface area contributed by atoms with E-state index in [0.29, 0.717) is 17.2 Å². The van der Waals surface area contributed by atoms with E-state index in [9.17, 15) is 8.42 Å². The molecule has 0 radical (unpaired) electrons. The van der Waals surface area contributed by atoms with Gasteiger partial charge in [0.15, 0.2) is 0 Å². The van der Waals surface area contributed by atoms with Crippen molar-refractivity contribution in [3.05, 3.63) is 84.4 Å². The van der Waals surface area contributed by atoms with Gasteiger partial charge in [-0.1, -0.05) is 48.5 Å². The number of hydrogen-bond acceptors (Lipinski definition) is 5. The Morgan fingerprint density at radius 1 is 0.879 bits per heavy atom. The first-order chi connectivity index (χ1) is 16.0. The lowest BCUT2D eigenvalue weighted by molar-refractivity contribution is 0.206. The van der Waals surface area contributed by atoms with Gasteiger partial charge in [0.25, 0.3) is 10.0 Å². The number of anilines is 1. The van der Waals surface area contributed by atoms with Crippen LogP contribution < -0.4 is 13.8 Å². The maximum Gasteiger partial charge on any atom is 0.268 e. The monoisotopic (exact) mass is 466 g/mol. The lowest BCUT2D eigenvalue weighted by atomic mass is 10.0. The number of sulfonamides is 1. The molecular weight excluding hydrogens is 436 g/mol. The summed E-state index contributed by atoms with van der Waals surface area (Å²) in [6, 6.07) is 24.4. The Labute approximate surface area is 196 Å². The molecule has 1 heterocycles. The molecule has 0 saturated carbocycles. The van der Waals surface area contributed by atoms with Gasteiger partial charge in [0.2, 0.25) is 0 Å². The maximum atomic E-state index is 14.0. The Balaban J connectivity index is 1.63. The lowest BCUT2D eigenvalue weighted by Gasteiger charge is -2.39. The highest BCUT2D eigenvalue weighted by molar-refractivity contribution is 7.93. The number of benzene rings is 3. The van der Waals surface area contributed by atoms with Gasteiger partial charge < -0.3 is 9.47 Å². The number of piperidine rings is 1. The first kappa shape index (κ1) is 23.1. The Morgan fingerprint density at radius 3 is 2.12 bits per heavy atom. The summed E-state index contributed by atoms with van der Waals surface area (Å²) in [6.45, 7) is 2.52. The van der Waals surface area contributed by atoms with Crippen molar-refractivity contribution in [2.75, 3.05) is 31.6 Å². The number of methoxy groups -OCH3 is 2. The maximum absolute atomic E-state index is 14.0. The highest BCUT2D eigenvalue weighted by atomic mass is 32.2. The highest BCUT2D eigenvalue weighted by Gasteiger charge is 2.36. The average Bonchev–Trinajstić information content (AvgIpc) is 2.86. The van der Waals surface area contributed by atoms with Gasteiger partial charge in [-0.25, -0.2) is 8.42 Å². The van der Waals surface area contributed by atoms with Crippen molar-refractivity contribution in [3.63, 3.8) is 0 Å². The summed E-state index contributed by atoms with van der Waals surface area (Å²) >= 11 is 0. The zero-order chi connectivity index (χ0) is 23.3. The van der Waals surface area contributed by atoms with Crippen LogP contribution in [0.4, 0.5) is 5.69 Å². The largest absolute Gasteiger partial charge is 0.497 e. The van der Waals surface area contributed by atoms with Gasteiger partial charge in [-0.05, 0) is 42.7 Å². The molecule has 7 heteroatoms. The van der Waals surface area contributed by atoms with Gasteiger partial charge >= 0.3 is 0 Å². The van der Waals surface area contributed by atoms with Crippen LogP contribution in [0.5, 0.6) is 11.5 Å². The molecule has 1 saturated heterocycles. The number of likely N-dealkylation sites (tertiary alicyclic amines) is 1. The topological polar surface area (TPSA) is 59.1 Å². The van der Waals surface area contributed by atoms with Crippen molar-refractivity contribution < 1.29 is 17.9 Å². The SMILES string of the molecule is COc1ccc(OC)c(S(=O)(=O)N(c2ccccc2)C2CCN(Cc3ccccc3)CC2)c1. The number of ether oxygens (including phenoxy) is 2. The quantitative estimate of drug-likeness (QED) is 0.487. The Bertz CT molecular complexity index is 1150. The second-order valence-corrected chi connectivity index (χ2v) is 9.93. The molecule has 0 spiro atoms. The summed E-state index contributed by atoms with van der Waals surface area (Å²) in [6.07, 6.45) is 1.49. The van der Waals surface area contributed by atoms with Gasteiger partial charge in [0.1, 0.15) is 16.4 Å².